The predicted octanol–water partition coefficient (Wildman–Crippen LogP) is 7.18. The molecule has 0 N–H and O–H groups in total. The molecule has 1 unspecified atom stereocenters. The second kappa shape index (κ2) is 8.54. The molecule has 2 aromatic carbocycles. The monoisotopic (exact) mass is 384 g/mol. The van der Waals surface area contributed by atoms with E-state index in [0.717, 1.165) is 11.3 Å². The van der Waals surface area contributed by atoms with Crippen LogP contribution in [0.5, 0.6) is 0 Å². The van der Waals surface area contributed by atoms with Crippen molar-refractivity contribution >= 4 is 21.2 Å². The van der Waals surface area contributed by atoms with Gasteiger partial charge in [-0.3, -0.25) is 0 Å². The summed E-state index contributed by atoms with van der Waals surface area (Å²) < 4.78 is 0. The Kier molecular flexibility index (Phi) is 6.13. The average molecular weight is 384 g/mol. The summed E-state index contributed by atoms with van der Waals surface area (Å²) in [5, 5.41) is 1.73. The van der Waals surface area contributed by atoms with Crippen molar-refractivity contribution in [3.05, 3.63) is 54.6 Å². The van der Waals surface area contributed by atoms with E-state index < -0.39 is 6.95 Å². The van der Waals surface area contributed by atoms with Crippen LogP contribution >= 0.6 is 15.9 Å². The summed E-state index contributed by atoms with van der Waals surface area (Å²) in [4.78, 5) is 0. The van der Waals surface area contributed by atoms with Crippen molar-refractivity contribution in [1.29, 1.82) is 0 Å². The Morgan fingerprint density at radius 2 is 1.12 bits per heavy atom. The van der Waals surface area contributed by atoms with Gasteiger partial charge in [-0.15, -0.1) is 0 Å². The van der Waals surface area contributed by atoms with Gasteiger partial charge in [-0.05, 0) is 0 Å². The first-order chi connectivity index (χ1) is 12.8. The first kappa shape index (κ1) is 18.7. The van der Waals surface area contributed by atoms with Crippen LogP contribution in [-0.2, 0) is 0 Å². The van der Waals surface area contributed by atoms with Crippen molar-refractivity contribution in [2.45, 2.75) is 75.5 Å². The van der Waals surface area contributed by atoms with Crippen LogP contribution in [0.15, 0.2) is 54.6 Å². The molecule has 2 aliphatic carbocycles. The van der Waals surface area contributed by atoms with Crippen LogP contribution in [0.4, 0.5) is 0 Å². The third kappa shape index (κ3) is 3.66. The van der Waals surface area contributed by atoms with Crippen LogP contribution in [0.3, 0.4) is 0 Å². The Labute approximate surface area is 162 Å². The number of hydrogen-bond acceptors (Lipinski definition) is 0. The van der Waals surface area contributed by atoms with Gasteiger partial charge in [0, 0.05) is 0 Å². The number of benzene rings is 2. The molecular formula is C24H34P2. The Bertz CT molecular complexity index is 679. The van der Waals surface area contributed by atoms with Crippen molar-refractivity contribution in [1.82, 2.24) is 0 Å². The molecule has 0 heterocycles. The van der Waals surface area contributed by atoms with Gasteiger partial charge in [0.2, 0.25) is 0 Å². The van der Waals surface area contributed by atoms with Crippen molar-refractivity contribution in [2.24, 2.45) is 0 Å². The van der Waals surface area contributed by atoms with Gasteiger partial charge in [-0.1, -0.05) is 0 Å². The summed E-state index contributed by atoms with van der Waals surface area (Å²) in [7, 11) is 3.59. The minimum absolute atomic E-state index is 0.953. The molecule has 0 bridgehead atoms. The van der Waals surface area contributed by atoms with E-state index in [-0.39, 0.29) is 0 Å². The summed E-state index contributed by atoms with van der Waals surface area (Å²) in [6, 6.07) is 20.6. The summed E-state index contributed by atoms with van der Waals surface area (Å²) in [6.07, 6.45) is 14.6. The summed E-state index contributed by atoms with van der Waals surface area (Å²) in [6.45, 7) is -1.63. The minimum atomic E-state index is -1.63. The Morgan fingerprint density at radius 1 is 0.615 bits per heavy atom. The van der Waals surface area contributed by atoms with E-state index in [1.54, 1.807) is 5.30 Å². The summed E-state index contributed by atoms with van der Waals surface area (Å²) >= 11 is 0. The second-order valence-corrected chi connectivity index (χ2v) is 15.4. The predicted molar refractivity (Wildman–Crippen MR) is 123 cm³/mol. The Morgan fingerprint density at radius 3 is 1.69 bits per heavy atom. The van der Waals surface area contributed by atoms with Gasteiger partial charge in [0.05, 0.1) is 0 Å². The van der Waals surface area contributed by atoms with E-state index in [1.165, 1.54) is 75.3 Å². The third-order valence-corrected chi connectivity index (χ3v) is 16.0. The fourth-order valence-electron chi connectivity index (χ4n) is 5.66. The first-order valence-corrected chi connectivity index (χ1v) is 14.7. The number of hydrogen-bond donors (Lipinski definition) is 0. The van der Waals surface area contributed by atoms with Gasteiger partial charge in [-0.2, -0.15) is 0 Å². The van der Waals surface area contributed by atoms with E-state index >= 15 is 0 Å². The molecule has 26 heavy (non-hydrogen) atoms. The molecule has 2 fully saturated rings. The van der Waals surface area contributed by atoms with E-state index in [4.69, 9.17) is 0 Å². The third-order valence-electron chi connectivity index (χ3n) is 7.04. The van der Waals surface area contributed by atoms with Crippen molar-refractivity contribution < 1.29 is 0 Å². The second-order valence-electron chi connectivity index (χ2n) is 8.51. The van der Waals surface area contributed by atoms with Crippen molar-refractivity contribution in [3.63, 3.8) is 0 Å². The molecule has 2 heteroatoms. The fraction of sp³-hybridized carbons (Fsp3) is 0.500. The van der Waals surface area contributed by atoms with Gasteiger partial charge >= 0.3 is 162 Å². The normalized spacial score (nSPS) is 20.8. The Balaban J connectivity index is 1.81. The van der Waals surface area contributed by atoms with E-state index in [0.29, 0.717) is 0 Å². The van der Waals surface area contributed by atoms with Gasteiger partial charge in [0.15, 0.2) is 0 Å². The van der Waals surface area contributed by atoms with Crippen LogP contribution < -0.4 is 5.30 Å². The van der Waals surface area contributed by atoms with E-state index in [1.807, 2.05) is 0 Å². The molecule has 4 rings (SSSR count). The average Bonchev–Trinajstić information content (AvgIpc) is 2.75. The molecule has 140 valence electrons. The standard InChI is InChI=1S/C24H34P2/c25-26(21-14-6-2-7-15-21,22-16-8-3-9-17-22)24-19-11-10-18-23(24)20-12-4-1-5-13-20/h1,4-5,10-13,18-19,21-22,26H,2-3,6-9,14-17,25H2. The molecule has 0 aromatic heterocycles. The molecule has 1 atom stereocenters. The SMILES string of the molecule is P[PH](c1ccccc1-c1ccccc1)(C1CCCCC1)C1CCCCC1. The molecule has 0 aliphatic heterocycles. The molecule has 2 aliphatic rings. The summed E-state index contributed by atoms with van der Waals surface area (Å²) in [5.41, 5.74) is 4.84. The van der Waals surface area contributed by atoms with Gasteiger partial charge in [0.25, 0.3) is 0 Å². The summed E-state index contributed by atoms with van der Waals surface area (Å²) in [5.74, 6) is 0. The van der Waals surface area contributed by atoms with Gasteiger partial charge < -0.3 is 0 Å². The first-order valence-electron chi connectivity index (χ1n) is 10.7. The zero-order valence-corrected chi connectivity index (χ0v) is 18.2. The van der Waals surface area contributed by atoms with Crippen molar-refractivity contribution in [2.75, 3.05) is 0 Å². The molecule has 0 spiro atoms. The van der Waals surface area contributed by atoms with Crippen molar-refractivity contribution in [3.8, 4) is 11.1 Å². The van der Waals surface area contributed by atoms with Gasteiger partial charge in [-0.25, -0.2) is 0 Å². The Hall–Kier alpha value is -0.700. The molecular weight excluding hydrogens is 350 g/mol. The topological polar surface area (TPSA) is 0 Å². The molecule has 0 nitrogen and oxygen atoms in total. The van der Waals surface area contributed by atoms with E-state index in [2.05, 4.69) is 63.5 Å². The molecule has 2 saturated carbocycles. The van der Waals surface area contributed by atoms with Crippen LogP contribution in [0.2, 0.25) is 0 Å². The molecule has 0 saturated heterocycles. The molecule has 0 radical (unpaired) electrons. The number of rotatable bonds is 4. The maximum absolute atomic E-state index is 3.59. The molecule has 2 aromatic rings. The van der Waals surface area contributed by atoms with Crippen LogP contribution in [0, 0.1) is 0 Å². The zero-order chi connectivity index (χ0) is 17.8. The molecule has 0 amide bonds. The maximum atomic E-state index is 3.59. The van der Waals surface area contributed by atoms with E-state index in [9.17, 15) is 0 Å². The zero-order valence-electron chi connectivity index (χ0n) is 16.0. The van der Waals surface area contributed by atoms with Gasteiger partial charge in [0.1, 0.15) is 0 Å². The van der Waals surface area contributed by atoms with Crippen LogP contribution in [0.1, 0.15) is 64.2 Å². The quantitative estimate of drug-likeness (QED) is 0.490. The fourth-order valence-corrected chi connectivity index (χ4v) is 13.8. The van der Waals surface area contributed by atoms with Crippen LogP contribution in [-0.4, -0.2) is 11.3 Å². The van der Waals surface area contributed by atoms with Crippen LogP contribution in [0.25, 0.3) is 11.1 Å².